The van der Waals surface area contributed by atoms with Crippen LogP contribution in [-0.4, -0.2) is 57.8 Å². The summed E-state index contributed by atoms with van der Waals surface area (Å²) >= 11 is 0. The maximum atomic E-state index is 5.50. The molecule has 25 heavy (non-hydrogen) atoms. The van der Waals surface area contributed by atoms with Crippen LogP contribution in [-0.2, 0) is 17.7 Å². The number of aliphatic imine (C=N–C) groups is 1. The highest BCUT2D eigenvalue weighted by Gasteiger charge is 2.19. The Morgan fingerprint density at radius 2 is 2.32 bits per heavy atom. The minimum absolute atomic E-state index is 0.619. The first kappa shape index (κ1) is 18.1. The van der Waals surface area contributed by atoms with Gasteiger partial charge in [0.2, 0.25) is 0 Å². The van der Waals surface area contributed by atoms with Crippen molar-refractivity contribution in [1.29, 1.82) is 0 Å². The zero-order chi connectivity index (χ0) is 17.6. The lowest BCUT2D eigenvalue weighted by Gasteiger charge is -2.28. The molecule has 1 aromatic rings. The second kappa shape index (κ2) is 8.56. The smallest absolute Gasteiger partial charge is 0.193 e. The SMILES string of the molecule is CCNC(=NCc1ccc2c(c1)CCCN2C)N(C)CC1CCOC1. The van der Waals surface area contributed by atoms with E-state index in [0.29, 0.717) is 5.92 Å². The van der Waals surface area contributed by atoms with Crippen molar-refractivity contribution >= 4 is 11.6 Å². The summed E-state index contributed by atoms with van der Waals surface area (Å²) in [6.45, 7) is 7.67. The number of rotatable bonds is 5. The minimum atomic E-state index is 0.619. The van der Waals surface area contributed by atoms with Crippen molar-refractivity contribution in [3.8, 4) is 0 Å². The van der Waals surface area contributed by atoms with E-state index in [1.54, 1.807) is 0 Å². The second-order valence-corrected chi connectivity index (χ2v) is 7.27. The van der Waals surface area contributed by atoms with Gasteiger partial charge in [0.25, 0.3) is 0 Å². The Balaban J connectivity index is 1.66. The monoisotopic (exact) mass is 344 g/mol. The first-order valence-corrected chi connectivity index (χ1v) is 9.57. The Morgan fingerprint density at radius 1 is 1.44 bits per heavy atom. The first-order valence-electron chi connectivity index (χ1n) is 9.57. The molecular formula is C20H32N4O. The Bertz CT molecular complexity index is 595. The Kier molecular flexibility index (Phi) is 6.19. The van der Waals surface area contributed by atoms with Gasteiger partial charge in [0.15, 0.2) is 5.96 Å². The van der Waals surface area contributed by atoms with Crippen LogP contribution < -0.4 is 10.2 Å². The van der Waals surface area contributed by atoms with Crippen LogP contribution in [0, 0.1) is 5.92 Å². The summed E-state index contributed by atoms with van der Waals surface area (Å²) in [5, 5.41) is 3.42. The standard InChI is InChI=1S/C20H32N4O/c1-4-21-20(24(3)14-17-9-11-25-15-17)22-13-16-7-8-19-18(12-16)6-5-10-23(19)2/h7-8,12,17H,4-6,9-11,13-15H2,1-3H3,(H,21,22). The highest BCUT2D eigenvalue weighted by Crippen LogP contribution is 2.27. The van der Waals surface area contributed by atoms with Gasteiger partial charge in [0.05, 0.1) is 13.2 Å². The number of hydrogen-bond donors (Lipinski definition) is 1. The van der Waals surface area contributed by atoms with Crippen molar-refractivity contribution in [1.82, 2.24) is 10.2 Å². The summed E-state index contributed by atoms with van der Waals surface area (Å²) in [4.78, 5) is 9.47. The summed E-state index contributed by atoms with van der Waals surface area (Å²) in [6.07, 6.45) is 3.58. The topological polar surface area (TPSA) is 40.1 Å². The normalized spacial score (nSPS) is 20.5. The number of aryl methyl sites for hydroxylation is 1. The Morgan fingerprint density at radius 3 is 3.08 bits per heavy atom. The average Bonchev–Trinajstić information content (AvgIpc) is 3.11. The molecule has 5 heteroatoms. The van der Waals surface area contributed by atoms with E-state index in [-0.39, 0.29) is 0 Å². The fraction of sp³-hybridized carbons (Fsp3) is 0.650. The van der Waals surface area contributed by atoms with Crippen LogP contribution in [0.15, 0.2) is 23.2 Å². The lowest BCUT2D eigenvalue weighted by atomic mass is 10.00. The fourth-order valence-corrected chi connectivity index (χ4v) is 3.77. The summed E-state index contributed by atoms with van der Waals surface area (Å²) in [7, 11) is 4.31. The lowest BCUT2D eigenvalue weighted by molar-refractivity contribution is 0.181. The molecule has 0 bridgehead atoms. The van der Waals surface area contributed by atoms with Crippen LogP contribution >= 0.6 is 0 Å². The Hall–Kier alpha value is -1.75. The molecule has 5 nitrogen and oxygen atoms in total. The van der Waals surface area contributed by atoms with Gasteiger partial charge >= 0.3 is 0 Å². The molecule has 2 aliphatic heterocycles. The highest BCUT2D eigenvalue weighted by atomic mass is 16.5. The molecule has 1 fully saturated rings. The van der Waals surface area contributed by atoms with Crippen LogP contribution in [0.2, 0.25) is 0 Å². The van der Waals surface area contributed by atoms with Gasteiger partial charge in [-0.2, -0.15) is 0 Å². The number of benzene rings is 1. The van der Waals surface area contributed by atoms with E-state index in [1.165, 1.54) is 29.7 Å². The predicted molar refractivity (Wildman–Crippen MR) is 104 cm³/mol. The molecule has 0 amide bonds. The number of hydrogen-bond acceptors (Lipinski definition) is 3. The van der Waals surface area contributed by atoms with Gasteiger partial charge in [-0.15, -0.1) is 0 Å². The number of ether oxygens (including phenoxy) is 1. The second-order valence-electron chi connectivity index (χ2n) is 7.27. The molecule has 2 aliphatic rings. The zero-order valence-corrected chi connectivity index (χ0v) is 15.9. The van der Waals surface area contributed by atoms with Crippen LogP contribution in [0.1, 0.15) is 30.9 Å². The molecule has 0 aromatic heterocycles. The van der Waals surface area contributed by atoms with Crippen molar-refractivity contribution in [2.75, 3.05) is 51.8 Å². The van der Waals surface area contributed by atoms with Gasteiger partial charge in [-0.25, -0.2) is 4.99 Å². The molecule has 1 aromatic carbocycles. The predicted octanol–water partition coefficient (Wildman–Crippen LogP) is 2.50. The molecule has 138 valence electrons. The van der Waals surface area contributed by atoms with Crippen molar-refractivity contribution in [3.05, 3.63) is 29.3 Å². The van der Waals surface area contributed by atoms with Crippen molar-refractivity contribution < 1.29 is 4.74 Å². The van der Waals surface area contributed by atoms with E-state index >= 15 is 0 Å². The van der Waals surface area contributed by atoms with E-state index in [2.05, 4.69) is 54.3 Å². The van der Waals surface area contributed by atoms with E-state index in [4.69, 9.17) is 9.73 Å². The summed E-state index contributed by atoms with van der Waals surface area (Å²) in [5.74, 6) is 1.61. The maximum Gasteiger partial charge on any atom is 0.193 e. The quantitative estimate of drug-likeness (QED) is 0.658. The van der Waals surface area contributed by atoms with Crippen LogP contribution in [0.25, 0.3) is 0 Å². The van der Waals surface area contributed by atoms with Gasteiger partial charge in [0.1, 0.15) is 0 Å². The largest absolute Gasteiger partial charge is 0.381 e. The number of nitrogens with one attached hydrogen (secondary N) is 1. The van der Waals surface area contributed by atoms with Gasteiger partial charge in [-0.1, -0.05) is 12.1 Å². The number of fused-ring (bicyclic) bond motifs is 1. The highest BCUT2D eigenvalue weighted by molar-refractivity contribution is 5.79. The van der Waals surface area contributed by atoms with E-state index < -0.39 is 0 Å². The van der Waals surface area contributed by atoms with Gasteiger partial charge in [-0.3, -0.25) is 0 Å². The van der Waals surface area contributed by atoms with E-state index in [1.807, 2.05) is 0 Å². The number of guanidine groups is 1. The lowest BCUT2D eigenvalue weighted by Crippen LogP contribution is -2.41. The summed E-state index contributed by atoms with van der Waals surface area (Å²) < 4.78 is 5.50. The van der Waals surface area contributed by atoms with Gasteiger partial charge in [0, 0.05) is 51.9 Å². The molecular weight excluding hydrogens is 312 g/mol. The third-order valence-corrected chi connectivity index (χ3v) is 5.16. The molecule has 1 unspecified atom stereocenters. The maximum absolute atomic E-state index is 5.50. The molecule has 0 aliphatic carbocycles. The molecule has 0 saturated carbocycles. The van der Waals surface area contributed by atoms with Crippen LogP contribution in [0.3, 0.4) is 0 Å². The van der Waals surface area contributed by atoms with Gasteiger partial charge in [-0.05, 0) is 43.4 Å². The molecule has 1 N–H and O–H groups in total. The molecule has 2 heterocycles. The molecule has 1 atom stereocenters. The van der Waals surface area contributed by atoms with E-state index in [9.17, 15) is 0 Å². The number of nitrogens with zero attached hydrogens (tertiary/aromatic N) is 3. The van der Waals surface area contributed by atoms with Crippen LogP contribution in [0.5, 0.6) is 0 Å². The van der Waals surface area contributed by atoms with E-state index in [0.717, 1.165) is 51.8 Å². The minimum Gasteiger partial charge on any atom is -0.381 e. The van der Waals surface area contributed by atoms with Crippen molar-refractivity contribution in [3.63, 3.8) is 0 Å². The third kappa shape index (κ3) is 4.66. The third-order valence-electron chi connectivity index (χ3n) is 5.16. The fourth-order valence-electron chi connectivity index (χ4n) is 3.77. The molecule has 1 saturated heterocycles. The summed E-state index contributed by atoms with van der Waals surface area (Å²) in [5.41, 5.74) is 4.13. The molecule has 3 rings (SSSR count). The molecule has 0 spiro atoms. The van der Waals surface area contributed by atoms with Crippen molar-refractivity contribution in [2.45, 2.75) is 32.7 Å². The van der Waals surface area contributed by atoms with Crippen molar-refractivity contribution in [2.24, 2.45) is 10.9 Å². The number of anilines is 1. The zero-order valence-electron chi connectivity index (χ0n) is 15.9. The van der Waals surface area contributed by atoms with Crippen LogP contribution in [0.4, 0.5) is 5.69 Å². The Labute approximate surface area is 152 Å². The summed E-state index contributed by atoms with van der Waals surface area (Å²) in [6, 6.07) is 6.81. The van der Waals surface area contributed by atoms with Gasteiger partial charge < -0.3 is 19.9 Å². The average molecular weight is 345 g/mol. The first-order chi connectivity index (χ1) is 12.2. The molecule has 0 radical (unpaired) electrons.